The van der Waals surface area contributed by atoms with Crippen LogP contribution in [-0.4, -0.2) is 32.9 Å². The molecule has 0 fully saturated rings. The predicted molar refractivity (Wildman–Crippen MR) is 97.0 cm³/mol. The lowest BCUT2D eigenvalue weighted by molar-refractivity contribution is 0.0600. The number of hydrogen-bond donors (Lipinski definition) is 0. The van der Waals surface area contributed by atoms with Crippen LogP contribution < -0.4 is 0 Å². The van der Waals surface area contributed by atoms with Crippen molar-refractivity contribution < 1.29 is 9.53 Å². The van der Waals surface area contributed by atoms with E-state index in [1.54, 1.807) is 24.7 Å². The lowest BCUT2D eigenvalue weighted by atomic mass is 10.2. The number of carbonyl (C=O) groups is 1. The van der Waals surface area contributed by atoms with E-state index in [4.69, 9.17) is 4.74 Å². The molecule has 0 N–H and O–H groups in total. The summed E-state index contributed by atoms with van der Waals surface area (Å²) in [6, 6.07) is 15.3. The molecule has 3 heterocycles. The van der Waals surface area contributed by atoms with Gasteiger partial charge in [-0.2, -0.15) is 0 Å². The van der Waals surface area contributed by atoms with E-state index in [0.29, 0.717) is 25.2 Å². The first kappa shape index (κ1) is 17.7. The van der Waals surface area contributed by atoms with E-state index in [-0.39, 0.29) is 5.97 Å². The highest BCUT2D eigenvalue weighted by Crippen LogP contribution is 2.12. The van der Waals surface area contributed by atoms with Gasteiger partial charge in [-0.1, -0.05) is 12.1 Å². The molecule has 0 spiro atoms. The number of nitrogens with zero attached hydrogens (tertiary/aromatic N) is 4. The number of hydrogen-bond acceptors (Lipinski definition) is 6. The summed E-state index contributed by atoms with van der Waals surface area (Å²) < 4.78 is 4.71. The van der Waals surface area contributed by atoms with Gasteiger partial charge in [0.2, 0.25) is 0 Å². The summed E-state index contributed by atoms with van der Waals surface area (Å²) in [5.41, 5.74) is 3.27. The topological polar surface area (TPSA) is 68.2 Å². The zero-order valence-electron chi connectivity index (χ0n) is 14.6. The van der Waals surface area contributed by atoms with Gasteiger partial charge in [-0.05, 0) is 36.4 Å². The molecular weight excluding hydrogens is 328 g/mol. The van der Waals surface area contributed by atoms with Crippen molar-refractivity contribution in [3.8, 4) is 0 Å². The number of rotatable bonds is 7. The third-order valence-corrected chi connectivity index (χ3v) is 3.85. The van der Waals surface area contributed by atoms with Crippen LogP contribution in [0.3, 0.4) is 0 Å². The zero-order chi connectivity index (χ0) is 18.2. The summed E-state index contributed by atoms with van der Waals surface area (Å²) >= 11 is 0. The molecule has 3 aromatic heterocycles. The molecule has 6 nitrogen and oxygen atoms in total. The summed E-state index contributed by atoms with van der Waals surface area (Å²) in [6.07, 6.45) is 5.12. The highest BCUT2D eigenvalue weighted by molar-refractivity contribution is 5.88. The highest BCUT2D eigenvalue weighted by Gasteiger charge is 2.12. The Labute approximate surface area is 152 Å². The zero-order valence-corrected chi connectivity index (χ0v) is 14.6. The van der Waals surface area contributed by atoms with Crippen molar-refractivity contribution in [2.75, 3.05) is 7.11 Å². The van der Waals surface area contributed by atoms with Crippen LogP contribution in [-0.2, 0) is 24.4 Å². The summed E-state index contributed by atoms with van der Waals surface area (Å²) in [4.78, 5) is 27.0. The maximum absolute atomic E-state index is 11.5. The fraction of sp³-hybridized carbons (Fsp3) is 0.200. The second kappa shape index (κ2) is 8.82. The molecule has 3 aromatic rings. The summed E-state index contributed by atoms with van der Waals surface area (Å²) in [6.45, 7) is 1.98. The molecular formula is C20H20N4O2. The molecule has 0 saturated heterocycles. The fourth-order valence-electron chi connectivity index (χ4n) is 2.59. The van der Waals surface area contributed by atoms with Crippen LogP contribution in [0.25, 0.3) is 0 Å². The van der Waals surface area contributed by atoms with E-state index in [2.05, 4.69) is 19.9 Å². The number of aromatic nitrogens is 3. The quantitative estimate of drug-likeness (QED) is 0.612. The lowest BCUT2D eigenvalue weighted by Crippen LogP contribution is -2.24. The molecule has 0 atom stereocenters. The molecule has 0 aliphatic heterocycles. The van der Waals surface area contributed by atoms with E-state index >= 15 is 0 Å². The van der Waals surface area contributed by atoms with Crippen molar-refractivity contribution in [2.24, 2.45) is 0 Å². The fourth-order valence-corrected chi connectivity index (χ4v) is 2.59. The highest BCUT2D eigenvalue weighted by atomic mass is 16.5. The number of carbonyl (C=O) groups excluding carboxylic acids is 1. The van der Waals surface area contributed by atoms with Crippen LogP contribution in [0.1, 0.15) is 27.4 Å². The van der Waals surface area contributed by atoms with E-state index in [9.17, 15) is 4.79 Å². The first-order valence-corrected chi connectivity index (χ1v) is 8.30. The number of ether oxygens (including phenoxy) is 1. The molecule has 0 radical (unpaired) electrons. The van der Waals surface area contributed by atoms with E-state index in [1.165, 1.54) is 7.11 Å². The SMILES string of the molecule is COC(=O)c1ccc(CN(Cc2ccccn2)Cc2ccccn2)nc1. The van der Waals surface area contributed by atoms with Gasteiger partial charge in [-0.25, -0.2) is 4.79 Å². The Morgan fingerprint density at radius 2 is 1.42 bits per heavy atom. The number of esters is 1. The van der Waals surface area contributed by atoms with Crippen LogP contribution in [0.4, 0.5) is 0 Å². The van der Waals surface area contributed by atoms with Gasteiger partial charge < -0.3 is 4.74 Å². The van der Waals surface area contributed by atoms with Gasteiger partial charge in [0.05, 0.1) is 29.8 Å². The summed E-state index contributed by atoms with van der Waals surface area (Å²) in [7, 11) is 1.36. The maximum atomic E-state index is 11.5. The van der Waals surface area contributed by atoms with Gasteiger partial charge in [0, 0.05) is 38.2 Å². The minimum absolute atomic E-state index is 0.386. The lowest BCUT2D eigenvalue weighted by Gasteiger charge is -2.21. The van der Waals surface area contributed by atoms with Gasteiger partial charge in [0.15, 0.2) is 0 Å². The van der Waals surface area contributed by atoms with Crippen LogP contribution in [0.15, 0.2) is 67.1 Å². The molecule has 0 saturated carbocycles. The monoisotopic (exact) mass is 348 g/mol. The third kappa shape index (κ3) is 4.94. The van der Waals surface area contributed by atoms with Crippen molar-refractivity contribution in [2.45, 2.75) is 19.6 Å². The first-order chi connectivity index (χ1) is 12.7. The minimum Gasteiger partial charge on any atom is -0.465 e. The Bertz CT molecular complexity index is 782. The van der Waals surface area contributed by atoms with E-state index < -0.39 is 0 Å². The van der Waals surface area contributed by atoms with Crippen LogP contribution >= 0.6 is 0 Å². The third-order valence-electron chi connectivity index (χ3n) is 3.85. The average Bonchev–Trinajstić information content (AvgIpc) is 2.69. The normalized spacial score (nSPS) is 10.7. The Hall–Kier alpha value is -3.12. The molecule has 0 aliphatic rings. The van der Waals surface area contributed by atoms with Crippen LogP contribution in [0.5, 0.6) is 0 Å². The molecule has 0 bridgehead atoms. The molecule has 6 heteroatoms. The first-order valence-electron chi connectivity index (χ1n) is 8.30. The Kier molecular flexibility index (Phi) is 6.01. The standard InChI is InChI=1S/C20H20N4O2/c1-26-20(25)16-8-9-19(23-12-16)15-24(13-17-6-2-4-10-21-17)14-18-7-3-5-11-22-18/h2-12H,13-15H2,1H3. The van der Waals surface area contributed by atoms with E-state index in [0.717, 1.165) is 17.1 Å². The Morgan fingerprint density at radius 3 is 1.85 bits per heavy atom. The second-order valence-corrected chi connectivity index (χ2v) is 5.82. The van der Waals surface area contributed by atoms with E-state index in [1.807, 2.05) is 42.5 Å². The average molecular weight is 348 g/mol. The smallest absolute Gasteiger partial charge is 0.339 e. The molecule has 0 unspecified atom stereocenters. The predicted octanol–water partition coefficient (Wildman–Crippen LogP) is 2.86. The molecule has 132 valence electrons. The van der Waals surface area contributed by atoms with Gasteiger partial charge in [-0.3, -0.25) is 19.9 Å². The Morgan fingerprint density at radius 1 is 0.846 bits per heavy atom. The van der Waals surface area contributed by atoms with Crippen molar-refractivity contribution >= 4 is 5.97 Å². The molecule has 26 heavy (non-hydrogen) atoms. The number of pyridine rings is 3. The molecule has 0 amide bonds. The van der Waals surface area contributed by atoms with Gasteiger partial charge in [0.25, 0.3) is 0 Å². The second-order valence-electron chi connectivity index (χ2n) is 5.82. The number of methoxy groups -OCH3 is 1. The van der Waals surface area contributed by atoms with Gasteiger partial charge in [-0.15, -0.1) is 0 Å². The van der Waals surface area contributed by atoms with Crippen molar-refractivity contribution in [3.63, 3.8) is 0 Å². The van der Waals surface area contributed by atoms with Crippen molar-refractivity contribution in [3.05, 3.63) is 89.8 Å². The maximum Gasteiger partial charge on any atom is 0.339 e. The summed E-state index contributed by atoms with van der Waals surface area (Å²) in [5, 5.41) is 0. The van der Waals surface area contributed by atoms with Gasteiger partial charge in [0.1, 0.15) is 0 Å². The Balaban J connectivity index is 1.75. The summed E-state index contributed by atoms with van der Waals surface area (Å²) in [5.74, 6) is -0.386. The molecule has 0 aliphatic carbocycles. The van der Waals surface area contributed by atoms with Gasteiger partial charge >= 0.3 is 5.97 Å². The van der Waals surface area contributed by atoms with Crippen LogP contribution in [0, 0.1) is 0 Å². The van der Waals surface area contributed by atoms with Crippen molar-refractivity contribution in [1.29, 1.82) is 0 Å². The van der Waals surface area contributed by atoms with Crippen molar-refractivity contribution in [1.82, 2.24) is 19.9 Å². The largest absolute Gasteiger partial charge is 0.465 e. The minimum atomic E-state index is -0.386. The molecule has 0 aromatic carbocycles. The molecule has 3 rings (SSSR count). The van der Waals surface area contributed by atoms with Crippen LogP contribution in [0.2, 0.25) is 0 Å².